The second-order valence-electron chi connectivity index (χ2n) is 4.53. The molecule has 0 fully saturated rings. The van der Waals surface area contributed by atoms with Gasteiger partial charge in [-0.1, -0.05) is 19.8 Å². The molecule has 0 saturated carbocycles. The van der Waals surface area contributed by atoms with Gasteiger partial charge in [0.05, 0.1) is 6.61 Å². The quantitative estimate of drug-likeness (QED) is 0.599. The van der Waals surface area contributed by atoms with Crippen LogP contribution in [0.2, 0.25) is 0 Å². The Morgan fingerprint density at radius 3 is 2.53 bits per heavy atom. The molecule has 0 aromatic heterocycles. The van der Waals surface area contributed by atoms with Gasteiger partial charge in [0.1, 0.15) is 6.10 Å². The van der Waals surface area contributed by atoms with Gasteiger partial charge in [-0.25, -0.2) is 0 Å². The molecule has 2 N–H and O–H groups in total. The maximum absolute atomic E-state index is 11.5. The molecule has 0 aliphatic rings. The van der Waals surface area contributed by atoms with Crippen LogP contribution in [0.5, 0.6) is 0 Å². The molecule has 17 heavy (non-hydrogen) atoms. The van der Waals surface area contributed by atoms with Crippen molar-refractivity contribution in [1.29, 1.82) is 0 Å². The van der Waals surface area contributed by atoms with Crippen molar-refractivity contribution in [3.8, 4) is 0 Å². The molecule has 0 aliphatic carbocycles. The zero-order chi connectivity index (χ0) is 13.1. The number of carbonyl (C=O) groups excluding carboxylic acids is 1. The number of hydrogen-bond acceptors (Lipinski definition) is 4. The van der Waals surface area contributed by atoms with E-state index < -0.39 is 0 Å². The molecule has 0 aromatic carbocycles. The average molecular weight is 245 g/mol. The third-order valence-corrected chi connectivity index (χ3v) is 2.76. The Balaban J connectivity index is 3.78. The van der Waals surface area contributed by atoms with E-state index in [4.69, 9.17) is 15.2 Å². The van der Waals surface area contributed by atoms with E-state index in [2.05, 4.69) is 6.92 Å². The van der Waals surface area contributed by atoms with Crippen LogP contribution in [0.3, 0.4) is 0 Å². The van der Waals surface area contributed by atoms with Gasteiger partial charge in [-0.15, -0.1) is 0 Å². The fourth-order valence-electron chi connectivity index (χ4n) is 1.95. The third kappa shape index (κ3) is 9.12. The summed E-state index contributed by atoms with van der Waals surface area (Å²) in [5.41, 5.74) is 5.55. The van der Waals surface area contributed by atoms with Crippen LogP contribution in [0.4, 0.5) is 0 Å². The molecular formula is C13H27NO3. The minimum atomic E-state index is -0.161. The highest BCUT2D eigenvalue weighted by molar-refractivity contribution is 5.69. The normalized spacial score (nSPS) is 14.4. The predicted octanol–water partition coefficient (Wildman–Crippen LogP) is 2.11. The molecule has 4 heteroatoms. The van der Waals surface area contributed by atoms with Gasteiger partial charge >= 0.3 is 5.97 Å². The molecular weight excluding hydrogens is 218 g/mol. The lowest BCUT2D eigenvalue weighted by atomic mass is 9.94. The monoisotopic (exact) mass is 245 g/mol. The molecule has 0 heterocycles. The average Bonchev–Trinajstić information content (AvgIpc) is 2.27. The maximum Gasteiger partial charge on any atom is 0.306 e. The smallest absolute Gasteiger partial charge is 0.306 e. The third-order valence-electron chi connectivity index (χ3n) is 2.76. The van der Waals surface area contributed by atoms with Crippen LogP contribution in [0.15, 0.2) is 0 Å². The Morgan fingerprint density at radius 2 is 2.00 bits per heavy atom. The lowest BCUT2D eigenvalue weighted by molar-refractivity contribution is -0.150. The van der Waals surface area contributed by atoms with E-state index in [9.17, 15) is 4.79 Å². The molecule has 0 spiro atoms. The van der Waals surface area contributed by atoms with Gasteiger partial charge in [-0.3, -0.25) is 4.79 Å². The molecule has 2 atom stereocenters. The van der Waals surface area contributed by atoms with Gasteiger partial charge in [0.25, 0.3) is 0 Å². The Labute approximate surface area is 105 Å². The van der Waals surface area contributed by atoms with Gasteiger partial charge in [-0.2, -0.15) is 0 Å². The molecule has 2 unspecified atom stereocenters. The molecule has 0 amide bonds. The van der Waals surface area contributed by atoms with Gasteiger partial charge in [-0.05, 0) is 32.2 Å². The zero-order valence-corrected chi connectivity index (χ0v) is 11.4. The largest absolute Gasteiger partial charge is 0.460 e. The number of hydrogen-bond donors (Lipinski definition) is 1. The highest BCUT2D eigenvalue weighted by Crippen LogP contribution is 2.17. The standard InChI is InChI=1S/C13H27NO3/c1-4-5-12(8-9-14)6-7-13(15)17-11(2)10-16-3/h11-12H,4-10,14H2,1-3H3. The second-order valence-corrected chi connectivity index (χ2v) is 4.53. The summed E-state index contributed by atoms with van der Waals surface area (Å²) in [4.78, 5) is 11.5. The SMILES string of the molecule is CCCC(CCN)CCC(=O)OC(C)COC. The molecule has 0 aliphatic heterocycles. The van der Waals surface area contributed by atoms with E-state index in [0.29, 0.717) is 25.5 Å². The number of ether oxygens (including phenoxy) is 2. The first-order chi connectivity index (χ1) is 8.13. The molecule has 0 rings (SSSR count). The van der Waals surface area contributed by atoms with Crippen molar-refractivity contribution in [3.63, 3.8) is 0 Å². The predicted molar refractivity (Wildman–Crippen MR) is 68.7 cm³/mol. The summed E-state index contributed by atoms with van der Waals surface area (Å²) in [5.74, 6) is 0.419. The Morgan fingerprint density at radius 1 is 1.29 bits per heavy atom. The van der Waals surface area contributed by atoms with Crippen molar-refractivity contribution >= 4 is 5.97 Å². The van der Waals surface area contributed by atoms with Gasteiger partial charge in [0, 0.05) is 13.5 Å². The minimum Gasteiger partial charge on any atom is -0.460 e. The van der Waals surface area contributed by atoms with Crippen LogP contribution in [0.1, 0.15) is 46.0 Å². The van der Waals surface area contributed by atoms with Crippen LogP contribution in [-0.4, -0.2) is 32.3 Å². The summed E-state index contributed by atoms with van der Waals surface area (Å²) in [6.45, 7) is 5.14. The van der Waals surface area contributed by atoms with Crippen molar-refractivity contribution in [3.05, 3.63) is 0 Å². The van der Waals surface area contributed by atoms with E-state index in [0.717, 1.165) is 25.7 Å². The van der Waals surface area contributed by atoms with E-state index in [-0.39, 0.29) is 12.1 Å². The number of methoxy groups -OCH3 is 1. The lowest BCUT2D eigenvalue weighted by Crippen LogP contribution is -2.20. The van der Waals surface area contributed by atoms with E-state index in [1.54, 1.807) is 7.11 Å². The van der Waals surface area contributed by atoms with Crippen LogP contribution in [0, 0.1) is 5.92 Å². The van der Waals surface area contributed by atoms with Crippen molar-refractivity contribution in [2.75, 3.05) is 20.3 Å². The Hall–Kier alpha value is -0.610. The van der Waals surface area contributed by atoms with Crippen molar-refractivity contribution in [1.82, 2.24) is 0 Å². The van der Waals surface area contributed by atoms with Crippen LogP contribution >= 0.6 is 0 Å². The molecule has 0 radical (unpaired) electrons. The van der Waals surface area contributed by atoms with Crippen molar-refractivity contribution in [2.24, 2.45) is 11.7 Å². The van der Waals surface area contributed by atoms with Crippen molar-refractivity contribution < 1.29 is 14.3 Å². The van der Waals surface area contributed by atoms with E-state index >= 15 is 0 Å². The van der Waals surface area contributed by atoms with Gasteiger partial charge in [0.2, 0.25) is 0 Å². The molecule has 4 nitrogen and oxygen atoms in total. The topological polar surface area (TPSA) is 61.6 Å². The summed E-state index contributed by atoms with van der Waals surface area (Å²) in [6.07, 6.45) is 4.47. The van der Waals surface area contributed by atoms with Crippen LogP contribution < -0.4 is 5.73 Å². The highest BCUT2D eigenvalue weighted by atomic mass is 16.6. The zero-order valence-electron chi connectivity index (χ0n) is 11.4. The van der Waals surface area contributed by atoms with Gasteiger partial charge < -0.3 is 15.2 Å². The molecule has 102 valence electrons. The summed E-state index contributed by atoms with van der Waals surface area (Å²) < 4.78 is 10.1. The fourth-order valence-corrected chi connectivity index (χ4v) is 1.95. The summed E-state index contributed by atoms with van der Waals surface area (Å²) in [6, 6.07) is 0. The first-order valence-electron chi connectivity index (χ1n) is 6.52. The minimum absolute atomic E-state index is 0.132. The molecule has 0 bridgehead atoms. The van der Waals surface area contributed by atoms with Crippen molar-refractivity contribution in [2.45, 2.75) is 52.1 Å². The van der Waals surface area contributed by atoms with E-state index in [1.807, 2.05) is 6.92 Å². The summed E-state index contributed by atoms with van der Waals surface area (Å²) >= 11 is 0. The number of nitrogens with two attached hydrogens (primary N) is 1. The number of carbonyl (C=O) groups is 1. The number of esters is 1. The summed E-state index contributed by atoms with van der Waals surface area (Å²) in [7, 11) is 1.60. The van der Waals surface area contributed by atoms with Gasteiger partial charge in [0.15, 0.2) is 0 Å². The first kappa shape index (κ1) is 16.4. The van der Waals surface area contributed by atoms with E-state index in [1.165, 1.54) is 0 Å². The Kier molecular flexibility index (Phi) is 10.2. The lowest BCUT2D eigenvalue weighted by Gasteiger charge is -2.16. The fraction of sp³-hybridized carbons (Fsp3) is 0.923. The summed E-state index contributed by atoms with van der Waals surface area (Å²) in [5, 5.41) is 0. The highest BCUT2D eigenvalue weighted by Gasteiger charge is 2.13. The van der Waals surface area contributed by atoms with Crippen LogP contribution in [0.25, 0.3) is 0 Å². The maximum atomic E-state index is 11.5. The molecule has 0 saturated heterocycles. The Bertz CT molecular complexity index is 191. The van der Waals surface area contributed by atoms with Crippen LogP contribution in [-0.2, 0) is 14.3 Å². The molecule has 0 aromatic rings. The number of rotatable bonds is 10. The second kappa shape index (κ2) is 10.5. The first-order valence-corrected chi connectivity index (χ1v) is 6.52.